The number of halogens is 1. The van der Waals surface area contributed by atoms with E-state index >= 15 is 0 Å². The lowest BCUT2D eigenvalue weighted by Gasteiger charge is -2.21. The third kappa shape index (κ3) is 2.96. The number of phenols is 1. The van der Waals surface area contributed by atoms with Crippen molar-refractivity contribution >= 4 is 17.5 Å². The van der Waals surface area contributed by atoms with Gasteiger partial charge in [0.05, 0.1) is 5.56 Å². The van der Waals surface area contributed by atoms with Gasteiger partial charge in [0, 0.05) is 18.1 Å². The Morgan fingerprint density at radius 3 is 2.94 bits per heavy atom. The zero-order valence-corrected chi connectivity index (χ0v) is 11.3. The summed E-state index contributed by atoms with van der Waals surface area (Å²) < 4.78 is 0. The molecule has 0 radical (unpaired) electrons. The number of carbonyl (C=O) groups excluding carboxylic acids is 1. The summed E-state index contributed by atoms with van der Waals surface area (Å²) in [6.07, 6.45) is 3.20. The van der Waals surface area contributed by atoms with Crippen LogP contribution in [-0.2, 0) is 0 Å². The van der Waals surface area contributed by atoms with Crippen LogP contribution in [0.5, 0.6) is 5.75 Å². The van der Waals surface area contributed by atoms with Gasteiger partial charge in [-0.1, -0.05) is 18.5 Å². The molecule has 1 amide bonds. The van der Waals surface area contributed by atoms with Crippen LogP contribution in [0.15, 0.2) is 18.2 Å². The summed E-state index contributed by atoms with van der Waals surface area (Å²) in [6, 6.07) is 4.59. The van der Waals surface area contributed by atoms with Gasteiger partial charge in [-0.2, -0.15) is 0 Å². The SMILES string of the molecule is CC1CCCN(C(=O)c2cc(Cl)ccc2O)CC1. The lowest BCUT2D eigenvalue weighted by atomic mass is 10.0. The first kappa shape index (κ1) is 13.2. The van der Waals surface area contributed by atoms with E-state index in [1.165, 1.54) is 12.1 Å². The molecule has 1 atom stereocenters. The summed E-state index contributed by atoms with van der Waals surface area (Å²) in [5.41, 5.74) is 0.303. The molecule has 0 aromatic heterocycles. The van der Waals surface area contributed by atoms with Crippen molar-refractivity contribution in [3.8, 4) is 5.75 Å². The average Bonchev–Trinajstić information content (AvgIpc) is 2.56. The minimum absolute atomic E-state index is 0.00157. The predicted molar refractivity (Wildman–Crippen MR) is 72.0 cm³/mol. The molecule has 18 heavy (non-hydrogen) atoms. The molecule has 0 aliphatic carbocycles. The Labute approximate surface area is 112 Å². The second-order valence-electron chi connectivity index (χ2n) is 4.99. The highest BCUT2D eigenvalue weighted by Gasteiger charge is 2.22. The Morgan fingerprint density at radius 1 is 1.39 bits per heavy atom. The van der Waals surface area contributed by atoms with E-state index in [9.17, 15) is 9.90 Å². The molecule has 0 bridgehead atoms. The minimum Gasteiger partial charge on any atom is -0.507 e. The number of carbonyl (C=O) groups is 1. The van der Waals surface area contributed by atoms with Crippen LogP contribution >= 0.6 is 11.6 Å². The minimum atomic E-state index is -0.121. The van der Waals surface area contributed by atoms with E-state index in [1.807, 2.05) is 4.90 Å². The van der Waals surface area contributed by atoms with Crippen molar-refractivity contribution in [3.05, 3.63) is 28.8 Å². The average molecular weight is 268 g/mol. The number of rotatable bonds is 1. The molecule has 1 aromatic carbocycles. The van der Waals surface area contributed by atoms with Crippen LogP contribution in [0.3, 0.4) is 0 Å². The molecule has 1 aliphatic heterocycles. The summed E-state index contributed by atoms with van der Waals surface area (Å²) in [7, 11) is 0. The standard InChI is InChI=1S/C14H18ClNO2/c1-10-3-2-7-16(8-6-10)14(18)12-9-11(15)4-5-13(12)17/h4-5,9-10,17H,2-3,6-8H2,1H3. The molecule has 1 heterocycles. The number of likely N-dealkylation sites (tertiary alicyclic amines) is 1. The van der Waals surface area contributed by atoms with E-state index < -0.39 is 0 Å². The Morgan fingerprint density at radius 2 is 2.17 bits per heavy atom. The van der Waals surface area contributed by atoms with Crippen molar-refractivity contribution in [2.24, 2.45) is 5.92 Å². The van der Waals surface area contributed by atoms with Crippen molar-refractivity contribution in [2.45, 2.75) is 26.2 Å². The van der Waals surface area contributed by atoms with Crippen LogP contribution in [0.25, 0.3) is 0 Å². The van der Waals surface area contributed by atoms with Gasteiger partial charge in [-0.15, -0.1) is 0 Å². The lowest BCUT2D eigenvalue weighted by Crippen LogP contribution is -2.32. The van der Waals surface area contributed by atoms with Crippen LogP contribution in [0, 0.1) is 5.92 Å². The molecule has 4 heteroatoms. The molecule has 1 saturated heterocycles. The largest absolute Gasteiger partial charge is 0.507 e. The smallest absolute Gasteiger partial charge is 0.257 e. The quantitative estimate of drug-likeness (QED) is 0.848. The number of hydrogen-bond acceptors (Lipinski definition) is 2. The van der Waals surface area contributed by atoms with Gasteiger partial charge in [0.25, 0.3) is 5.91 Å². The molecule has 98 valence electrons. The van der Waals surface area contributed by atoms with Gasteiger partial charge < -0.3 is 10.0 Å². The van der Waals surface area contributed by atoms with E-state index in [1.54, 1.807) is 6.07 Å². The fraction of sp³-hybridized carbons (Fsp3) is 0.500. The Bertz CT molecular complexity index is 447. The first-order valence-corrected chi connectivity index (χ1v) is 6.73. The summed E-state index contributed by atoms with van der Waals surface area (Å²) >= 11 is 5.87. The molecular weight excluding hydrogens is 250 g/mol. The predicted octanol–water partition coefficient (Wildman–Crippen LogP) is 3.31. The van der Waals surface area contributed by atoms with Gasteiger partial charge in [0.2, 0.25) is 0 Å². The highest BCUT2D eigenvalue weighted by molar-refractivity contribution is 6.31. The van der Waals surface area contributed by atoms with Crippen LogP contribution in [0.1, 0.15) is 36.5 Å². The molecular formula is C14H18ClNO2. The van der Waals surface area contributed by atoms with Gasteiger partial charge in [-0.05, 0) is 43.4 Å². The highest BCUT2D eigenvalue weighted by atomic mass is 35.5. The van der Waals surface area contributed by atoms with Gasteiger partial charge in [0.1, 0.15) is 5.75 Å². The number of hydrogen-bond donors (Lipinski definition) is 1. The number of aromatic hydroxyl groups is 1. The first-order valence-electron chi connectivity index (χ1n) is 6.35. The highest BCUT2D eigenvalue weighted by Crippen LogP contribution is 2.25. The second-order valence-corrected chi connectivity index (χ2v) is 5.43. The monoisotopic (exact) mass is 267 g/mol. The maximum absolute atomic E-state index is 12.3. The van der Waals surface area contributed by atoms with Gasteiger partial charge >= 0.3 is 0 Å². The molecule has 1 aromatic rings. The van der Waals surface area contributed by atoms with Crippen LogP contribution in [-0.4, -0.2) is 29.0 Å². The Kier molecular flexibility index (Phi) is 4.12. The number of phenolic OH excluding ortho intramolecular Hbond substituents is 1. The first-order chi connectivity index (χ1) is 8.58. The summed E-state index contributed by atoms with van der Waals surface area (Å²) in [5, 5.41) is 10.2. The third-order valence-electron chi connectivity index (χ3n) is 3.49. The Hall–Kier alpha value is -1.22. The lowest BCUT2D eigenvalue weighted by molar-refractivity contribution is 0.0757. The normalized spacial score (nSPS) is 20.6. The molecule has 1 unspecified atom stereocenters. The van der Waals surface area contributed by atoms with E-state index in [4.69, 9.17) is 11.6 Å². The summed E-state index contributed by atoms with van der Waals surface area (Å²) in [5.74, 6) is 0.543. The van der Waals surface area contributed by atoms with Gasteiger partial charge in [0.15, 0.2) is 0 Å². The zero-order chi connectivity index (χ0) is 13.1. The molecule has 3 nitrogen and oxygen atoms in total. The zero-order valence-electron chi connectivity index (χ0n) is 10.5. The van der Waals surface area contributed by atoms with Gasteiger partial charge in [-0.25, -0.2) is 0 Å². The van der Waals surface area contributed by atoms with Crippen LogP contribution in [0.4, 0.5) is 0 Å². The van der Waals surface area contributed by atoms with Crippen molar-refractivity contribution in [2.75, 3.05) is 13.1 Å². The maximum Gasteiger partial charge on any atom is 0.257 e. The summed E-state index contributed by atoms with van der Waals surface area (Å²) in [4.78, 5) is 14.2. The fourth-order valence-electron chi connectivity index (χ4n) is 2.32. The molecule has 1 N–H and O–H groups in total. The molecule has 1 aliphatic rings. The van der Waals surface area contributed by atoms with E-state index in [0.29, 0.717) is 16.5 Å². The van der Waals surface area contributed by atoms with E-state index in [-0.39, 0.29) is 11.7 Å². The topological polar surface area (TPSA) is 40.5 Å². The van der Waals surface area contributed by atoms with Crippen molar-refractivity contribution < 1.29 is 9.90 Å². The van der Waals surface area contributed by atoms with Crippen LogP contribution < -0.4 is 0 Å². The number of nitrogens with zero attached hydrogens (tertiary/aromatic N) is 1. The van der Waals surface area contributed by atoms with Crippen molar-refractivity contribution in [1.82, 2.24) is 4.90 Å². The molecule has 2 rings (SSSR count). The summed E-state index contributed by atoms with van der Waals surface area (Å²) in [6.45, 7) is 3.73. The molecule has 1 fully saturated rings. The molecule has 0 saturated carbocycles. The van der Waals surface area contributed by atoms with E-state index in [0.717, 1.165) is 32.4 Å². The molecule has 0 spiro atoms. The van der Waals surface area contributed by atoms with Crippen molar-refractivity contribution in [3.63, 3.8) is 0 Å². The maximum atomic E-state index is 12.3. The number of benzene rings is 1. The second kappa shape index (κ2) is 5.61. The fourth-order valence-corrected chi connectivity index (χ4v) is 2.49. The van der Waals surface area contributed by atoms with E-state index in [2.05, 4.69) is 6.92 Å². The van der Waals surface area contributed by atoms with Crippen LogP contribution in [0.2, 0.25) is 5.02 Å². The Balaban J connectivity index is 2.17. The number of amides is 1. The van der Waals surface area contributed by atoms with Crippen molar-refractivity contribution in [1.29, 1.82) is 0 Å². The third-order valence-corrected chi connectivity index (χ3v) is 3.73. The van der Waals surface area contributed by atoms with Gasteiger partial charge in [-0.3, -0.25) is 4.79 Å².